The number of hydrogen-bond donors (Lipinski definition) is 3. The number of halogens is 1. The molecule has 4 rings (SSSR count). The maximum atomic E-state index is 12.5. The van der Waals surface area contributed by atoms with Crippen molar-refractivity contribution in [2.45, 2.75) is 38.1 Å². The summed E-state index contributed by atoms with van der Waals surface area (Å²) in [5, 5.41) is 20.0. The summed E-state index contributed by atoms with van der Waals surface area (Å²) >= 11 is 6.07. The van der Waals surface area contributed by atoms with Crippen LogP contribution in [0.4, 0.5) is 0 Å². The fourth-order valence-electron chi connectivity index (χ4n) is 4.44. The maximum absolute atomic E-state index is 12.5. The summed E-state index contributed by atoms with van der Waals surface area (Å²) < 4.78 is 0. The second kappa shape index (κ2) is 5.48. The number of H-pyrrole nitrogens is 1. The van der Waals surface area contributed by atoms with E-state index in [2.05, 4.69) is 15.5 Å². The van der Waals surface area contributed by atoms with Crippen LogP contribution in [0.2, 0.25) is 5.02 Å². The van der Waals surface area contributed by atoms with Gasteiger partial charge in [-0.05, 0) is 49.1 Å². The van der Waals surface area contributed by atoms with Gasteiger partial charge in [0, 0.05) is 22.9 Å². The van der Waals surface area contributed by atoms with Gasteiger partial charge in [0.15, 0.2) is 0 Å². The van der Waals surface area contributed by atoms with Crippen LogP contribution in [0, 0.1) is 11.3 Å². The second-order valence-electron chi connectivity index (χ2n) is 7.24. The van der Waals surface area contributed by atoms with Crippen molar-refractivity contribution in [2.24, 2.45) is 11.3 Å². The van der Waals surface area contributed by atoms with E-state index in [9.17, 15) is 9.59 Å². The molecule has 1 spiro atoms. The lowest BCUT2D eigenvalue weighted by atomic mass is 9.49. The molecule has 24 heavy (non-hydrogen) atoms. The molecular weight excluding hydrogens is 330 g/mol. The molecule has 2 saturated carbocycles. The van der Waals surface area contributed by atoms with Crippen LogP contribution in [0.3, 0.4) is 0 Å². The molecule has 1 aromatic carbocycles. The third-order valence-electron chi connectivity index (χ3n) is 5.36. The van der Waals surface area contributed by atoms with Crippen molar-refractivity contribution in [1.29, 1.82) is 0 Å². The van der Waals surface area contributed by atoms with E-state index in [0.29, 0.717) is 22.0 Å². The first-order valence-electron chi connectivity index (χ1n) is 8.09. The minimum absolute atomic E-state index is 0.145. The van der Waals surface area contributed by atoms with E-state index in [1.807, 2.05) is 0 Å². The van der Waals surface area contributed by atoms with Crippen molar-refractivity contribution in [3.05, 3.63) is 28.9 Å². The number of aromatic amines is 1. The highest BCUT2D eigenvalue weighted by Crippen LogP contribution is 2.59. The lowest BCUT2D eigenvalue weighted by Crippen LogP contribution is -2.56. The van der Waals surface area contributed by atoms with Crippen LogP contribution in [-0.4, -0.2) is 33.2 Å². The van der Waals surface area contributed by atoms with Crippen LogP contribution < -0.4 is 5.32 Å². The molecular formula is C17H18ClN3O3. The quantitative estimate of drug-likeness (QED) is 0.792. The average Bonchev–Trinajstić information content (AvgIpc) is 2.89. The predicted molar refractivity (Wildman–Crippen MR) is 89.0 cm³/mol. The summed E-state index contributed by atoms with van der Waals surface area (Å²) in [5.41, 5.74) is 1.46. The number of nitrogens with zero attached hydrogens (tertiary/aromatic N) is 1. The van der Waals surface area contributed by atoms with Gasteiger partial charge in [-0.25, -0.2) is 0 Å². The van der Waals surface area contributed by atoms with Gasteiger partial charge < -0.3 is 10.4 Å². The molecule has 2 aliphatic carbocycles. The van der Waals surface area contributed by atoms with Crippen molar-refractivity contribution in [2.75, 3.05) is 0 Å². The zero-order valence-corrected chi connectivity index (χ0v) is 13.8. The molecule has 126 valence electrons. The summed E-state index contributed by atoms with van der Waals surface area (Å²) in [5.74, 6) is -0.562. The third kappa shape index (κ3) is 2.65. The van der Waals surface area contributed by atoms with Gasteiger partial charge in [-0.1, -0.05) is 11.6 Å². The number of carbonyl (C=O) groups excluding carboxylic acids is 1. The lowest BCUT2D eigenvalue weighted by Gasteiger charge is -2.57. The Morgan fingerprint density at radius 3 is 2.79 bits per heavy atom. The number of carboxylic acids is 1. The zero-order chi connectivity index (χ0) is 16.9. The van der Waals surface area contributed by atoms with Crippen molar-refractivity contribution < 1.29 is 14.7 Å². The normalized spacial score (nSPS) is 28.4. The fraction of sp³-hybridized carbons (Fsp3) is 0.471. The highest BCUT2D eigenvalue weighted by molar-refractivity contribution is 6.32. The van der Waals surface area contributed by atoms with Crippen LogP contribution in [0.25, 0.3) is 10.9 Å². The SMILES string of the molecule is O=C(O)CC1CC2(C1)CC(NC(=O)c1cc(Cl)cc3cn[nH]c13)C2. The van der Waals surface area contributed by atoms with E-state index in [-0.39, 0.29) is 23.8 Å². The first-order valence-corrected chi connectivity index (χ1v) is 8.47. The molecule has 0 unspecified atom stereocenters. The highest BCUT2D eigenvalue weighted by Gasteiger charge is 2.53. The average molecular weight is 348 g/mol. The van der Waals surface area contributed by atoms with Gasteiger partial charge >= 0.3 is 5.97 Å². The second-order valence-corrected chi connectivity index (χ2v) is 7.67. The minimum atomic E-state index is -0.719. The Hall–Kier alpha value is -2.08. The van der Waals surface area contributed by atoms with Crippen LogP contribution >= 0.6 is 11.6 Å². The van der Waals surface area contributed by atoms with E-state index < -0.39 is 5.97 Å². The number of aliphatic carboxylic acids is 1. The molecule has 3 N–H and O–H groups in total. The molecule has 1 heterocycles. The van der Waals surface area contributed by atoms with Crippen molar-refractivity contribution in [3.8, 4) is 0 Å². The zero-order valence-electron chi connectivity index (χ0n) is 13.0. The summed E-state index contributed by atoms with van der Waals surface area (Å²) in [6.45, 7) is 0. The Bertz CT molecular complexity index is 818. The van der Waals surface area contributed by atoms with E-state index in [4.69, 9.17) is 16.7 Å². The van der Waals surface area contributed by atoms with Gasteiger partial charge in [-0.3, -0.25) is 14.7 Å². The Balaban J connectivity index is 1.37. The molecule has 2 aliphatic rings. The van der Waals surface area contributed by atoms with Crippen LogP contribution in [-0.2, 0) is 4.79 Å². The summed E-state index contributed by atoms with van der Waals surface area (Å²) in [6, 6.07) is 3.57. The molecule has 0 radical (unpaired) electrons. The number of amides is 1. The molecule has 6 nitrogen and oxygen atoms in total. The van der Waals surface area contributed by atoms with E-state index in [0.717, 1.165) is 31.1 Å². The van der Waals surface area contributed by atoms with E-state index in [1.165, 1.54) is 0 Å². The Kier molecular flexibility index (Phi) is 3.53. The topological polar surface area (TPSA) is 95.1 Å². The van der Waals surface area contributed by atoms with Gasteiger partial charge in [0.25, 0.3) is 5.91 Å². The standard InChI is InChI=1S/C17H18ClN3O3/c18-11-2-10-8-19-21-15(10)13(3-11)16(24)20-12-6-17(7-12)4-9(5-17)1-14(22)23/h2-3,8-9,12H,1,4-7H2,(H,19,21)(H,20,24)(H,22,23). The Morgan fingerprint density at radius 2 is 2.08 bits per heavy atom. The predicted octanol–water partition coefficient (Wildman–Crippen LogP) is 2.98. The lowest BCUT2D eigenvalue weighted by molar-refractivity contribution is -0.142. The molecule has 2 aromatic rings. The molecule has 0 saturated heterocycles. The number of aromatic nitrogens is 2. The van der Waals surface area contributed by atoms with Crippen molar-refractivity contribution >= 4 is 34.4 Å². The number of carbonyl (C=O) groups is 2. The number of rotatable bonds is 4. The van der Waals surface area contributed by atoms with Crippen molar-refractivity contribution in [1.82, 2.24) is 15.5 Å². The van der Waals surface area contributed by atoms with Crippen LogP contribution in [0.1, 0.15) is 42.5 Å². The minimum Gasteiger partial charge on any atom is -0.481 e. The molecule has 0 atom stereocenters. The number of carboxylic acid groups (broad SMARTS) is 1. The fourth-order valence-corrected chi connectivity index (χ4v) is 4.67. The number of hydrogen-bond acceptors (Lipinski definition) is 3. The molecule has 2 fully saturated rings. The molecule has 0 aliphatic heterocycles. The highest BCUT2D eigenvalue weighted by atomic mass is 35.5. The molecule has 0 bridgehead atoms. The van der Waals surface area contributed by atoms with Gasteiger partial charge in [0.05, 0.1) is 17.3 Å². The van der Waals surface area contributed by atoms with Crippen molar-refractivity contribution in [3.63, 3.8) is 0 Å². The van der Waals surface area contributed by atoms with Gasteiger partial charge in [-0.15, -0.1) is 0 Å². The molecule has 1 amide bonds. The monoisotopic (exact) mass is 347 g/mol. The number of nitrogens with one attached hydrogen (secondary N) is 2. The number of fused-ring (bicyclic) bond motifs is 1. The molecule has 7 heteroatoms. The Morgan fingerprint density at radius 1 is 1.33 bits per heavy atom. The van der Waals surface area contributed by atoms with Gasteiger partial charge in [0.1, 0.15) is 0 Å². The van der Waals surface area contributed by atoms with Crippen LogP contribution in [0.5, 0.6) is 0 Å². The third-order valence-corrected chi connectivity index (χ3v) is 5.58. The van der Waals surface area contributed by atoms with Gasteiger partial charge in [0.2, 0.25) is 0 Å². The number of benzene rings is 1. The smallest absolute Gasteiger partial charge is 0.303 e. The summed E-state index contributed by atoms with van der Waals surface area (Å²) in [6.07, 6.45) is 5.71. The largest absolute Gasteiger partial charge is 0.481 e. The van der Waals surface area contributed by atoms with Crippen LogP contribution in [0.15, 0.2) is 18.3 Å². The summed E-state index contributed by atoms with van der Waals surface area (Å²) in [4.78, 5) is 23.3. The maximum Gasteiger partial charge on any atom is 0.303 e. The first-order chi connectivity index (χ1) is 11.4. The molecule has 1 aromatic heterocycles. The first kappa shape index (κ1) is 15.4. The van der Waals surface area contributed by atoms with E-state index in [1.54, 1.807) is 18.3 Å². The Labute approximate surface area is 143 Å². The van der Waals surface area contributed by atoms with Gasteiger partial charge in [-0.2, -0.15) is 5.10 Å². The van der Waals surface area contributed by atoms with E-state index >= 15 is 0 Å². The summed E-state index contributed by atoms with van der Waals surface area (Å²) in [7, 11) is 0.